The molecule has 1 aliphatic carbocycles. The van der Waals surface area contributed by atoms with E-state index >= 15 is 0 Å². The van der Waals surface area contributed by atoms with Gasteiger partial charge < -0.3 is 9.84 Å². The third-order valence-electron chi connectivity index (χ3n) is 5.41. The van der Waals surface area contributed by atoms with Crippen molar-refractivity contribution in [1.82, 2.24) is 9.66 Å². The van der Waals surface area contributed by atoms with Gasteiger partial charge >= 0.3 is 0 Å². The van der Waals surface area contributed by atoms with Gasteiger partial charge in [-0.05, 0) is 43.2 Å². The lowest BCUT2D eigenvalue weighted by molar-refractivity contribution is 0.373. The van der Waals surface area contributed by atoms with Gasteiger partial charge in [-0.1, -0.05) is 51.1 Å². The largest absolute Gasteiger partial charge is 0.504 e. The molecule has 4 rings (SSSR count). The zero-order valence-electron chi connectivity index (χ0n) is 16.4. The fourth-order valence-corrected chi connectivity index (χ4v) is 4.69. The van der Waals surface area contributed by atoms with Crippen molar-refractivity contribution in [3.05, 3.63) is 61.0 Å². The smallest absolute Gasteiger partial charge is 0.282 e. The van der Waals surface area contributed by atoms with Crippen molar-refractivity contribution in [1.29, 1.82) is 0 Å². The zero-order valence-corrected chi connectivity index (χ0v) is 19.6. The quantitative estimate of drug-likeness (QED) is 0.444. The first kappa shape index (κ1) is 21.1. The van der Waals surface area contributed by atoms with Crippen molar-refractivity contribution in [2.24, 2.45) is 5.10 Å². The highest BCUT2D eigenvalue weighted by molar-refractivity contribution is 9.10. The molecule has 0 radical (unpaired) electrons. The number of aromatic nitrogens is 2. The first-order valence-electron chi connectivity index (χ1n) is 9.81. The highest BCUT2D eigenvalue weighted by Gasteiger charge is 2.22. The number of hydrogen-bond donors (Lipinski definition) is 1. The Morgan fingerprint density at radius 3 is 2.67 bits per heavy atom. The molecule has 0 bridgehead atoms. The van der Waals surface area contributed by atoms with E-state index in [9.17, 15) is 9.90 Å². The molecule has 0 aliphatic heterocycles. The van der Waals surface area contributed by atoms with E-state index in [1.165, 1.54) is 24.4 Å². The Hall–Kier alpha value is -2.19. The topological polar surface area (TPSA) is 76.7 Å². The van der Waals surface area contributed by atoms with E-state index in [1.54, 1.807) is 18.2 Å². The number of hydrogen-bond acceptors (Lipinski definition) is 5. The molecule has 2 aromatic carbocycles. The van der Waals surface area contributed by atoms with E-state index in [4.69, 9.17) is 9.72 Å². The molecule has 0 amide bonds. The Balaban J connectivity index is 1.88. The molecular weight excluding hydrogens is 514 g/mol. The minimum Gasteiger partial charge on any atom is -0.504 e. The van der Waals surface area contributed by atoms with Crippen molar-refractivity contribution in [3.63, 3.8) is 0 Å². The number of rotatable bonds is 4. The van der Waals surface area contributed by atoms with Gasteiger partial charge in [-0.2, -0.15) is 9.78 Å². The summed E-state index contributed by atoms with van der Waals surface area (Å²) in [7, 11) is 1.49. The van der Waals surface area contributed by atoms with Crippen LogP contribution < -0.4 is 10.3 Å². The highest BCUT2D eigenvalue weighted by Crippen LogP contribution is 2.34. The van der Waals surface area contributed by atoms with Crippen LogP contribution in [0.1, 0.15) is 49.4 Å². The van der Waals surface area contributed by atoms with E-state index in [-0.39, 0.29) is 17.2 Å². The summed E-state index contributed by atoms with van der Waals surface area (Å²) in [6.45, 7) is 0. The van der Waals surface area contributed by atoms with Crippen molar-refractivity contribution in [2.75, 3.05) is 7.11 Å². The van der Waals surface area contributed by atoms with Crippen LogP contribution in [0.3, 0.4) is 0 Å². The molecule has 6 nitrogen and oxygen atoms in total. The SMILES string of the molecule is COc1cc(Br)cc(C=Nn2c(C3CCCCC3)nc3ccc(Br)cc3c2=O)c1O. The van der Waals surface area contributed by atoms with Crippen molar-refractivity contribution in [2.45, 2.75) is 38.0 Å². The number of methoxy groups -OCH3 is 1. The van der Waals surface area contributed by atoms with Crippen molar-refractivity contribution in [3.8, 4) is 11.5 Å². The molecule has 0 saturated heterocycles. The Kier molecular flexibility index (Phi) is 6.24. The van der Waals surface area contributed by atoms with E-state index < -0.39 is 0 Å². The Morgan fingerprint density at radius 2 is 1.93 bits per heavy atom. The van der Waals surface area contributed by atoms with Gasteiger partial charge in [0, 0.05) is 20.4 Å². The Bertz CT molecular complexity index is 1180. The fourth-order valence-electron chi connectivity index (χ4n) is 3.87. The van der Waals surface area contributed by atoms with E-state index in [0.717, 1.165) is 34.6 Å². The van der Waals surface area contributed by atoms with E-state index in [0.29, 0.717) is 28.0 Å². The summed E-state index contributed by atoms with van der Waals surface area (Å²) in [5.74, 6) is 1.15. The van der Waals surface area contributed by atoms with Gasteiger partial charge in [-0.3, -0.25) is 4.79 Å². The summed E-state index contributed by atoms with van der Waals surface area (Å²) in [5.41, 5.74) is 0.888. The molecule has 1 saturated carbocycles. The van der Waals surface area contributed by atoms with Crippen LogP contribution in [0.15, 0.2) is 49.2 Å². The van der Waals surface area contributed by atoms with Crippen molar-refractivity contribution < 1.29 is 9.84 Å². The summed E-state index contributed by atoms with van der Waals surface area (Å²) in [4.78, 5) is 18.2. The number of phenolic OH excluding ortho intramolecular Hbond substituents is 1. The van der Waals surface area contributed by atoms with Crippen LogP contribution in [0.4, 0.5) is 0 Å². The summed E-state index contributed by atoms with van der Waals surface area (Å²) < 4.78 is 8.14. The molecule has 8 heteroatoms. The predicted octanol–water partition coefficient (Wildman–Crippen LogP) is 5.57. The average Bonchev–Trinajstić information content (AvgIpc) is 2.75. The van der Waals surface area contributed by atoms with Crippen LogP contribution in [0.2, 0.25) is 0 Å². The zero-order chi connectivity index (χ0) is 21.3. The summed E-state index contributed by atoms with van der Waals surface area (Å²) >= 11 is 6.84. The van der Waals surface area contributed by atoms with Crippen LogP contribution in [0.5, 0.6) is 11.5 Å². The molecule has 3 aromatic rings. The second-order valence-electron chi connectivity index (χ2n) is 7.37. The maximum absolute atomic E-state index is 13.3. The molecule has 156 valence electrons. The molecule has 1 N–H and O–H groups in total. The average molecular weight is 535 g/mol. The van der Waals surface area contributed by atoms with Gasteiger partial charge in [0.15, 0.2) is 11.5 Å². The van der Waals surface area contributed by atoms with Crippen molar-refractivity contribution >= 4 is 49.0 Å². The van der Waals surface area contributed by atoms with Gasteiger partial charge in [0.2, 0.25) is 0 Å². The number of fused-ring (bicyclic) bond motifs is 1. The van der Waals surface area contributed by atoms with Crippen LogP contribution >= 0.6 is 31.9 Å². The molecule has 0 atom stereocenters. The first-order valence-corrected chi connectivity index (χ1v) is 11.4. The second-order valence-corrected chi connectivity index (χ2v) is 9.21. The van der Waals surface area contributed by atoms with E-state index in [2.05, 4.69) is 37.0 Å². The number of benzene rings is 2. The number of phenols is 1. The van der Waals surface area contributed by atoms with Gasteiger partial charge in [0.05, 0.1) is 24.2 Å². The fraction of sp³-hybridized carbons (Fsp3) is 0.318. The summed E-state index contributed by atoms with van der Waals surface area (Å²) in [6.07, 6.45) is 6.89. The van der Waals surface area contributed by atoms with Crippen LogP contribution in [0, 0.1) is 0 Å². The number of halogens is 2. The van der Waals surface area contributed by atoms with Gasteiger partial charge in [0.1, 0.15) is 5.82 Å². The molecule has 1 fully saturated rings. The molecular formula is C22H21Br2N3O3. The lowest BCUT2D eigenvalue weighted by Crippen LogP contribution is -2.25. The highest BCUT2D eigenvalue weighted by atomic mass is 79.9. The molecule has 1 aromatic heterocycles. The Morgan fingerprint density at radius 1 is 1.17 bits per heavy atom. The minimum absolute atomic E-state index is 0.0341. The molecule has 0 spiro atoms. The maximum Gasteiger partial charge on any atom is 0.282 e. The minimum atomic E-state index is -0.223. The first-order chi connectivity index (χ1) is 14.5. The molecule has 1 heterocycles. The van der Waals surface area contributed by atoms with Gasteiger partial charge in [-0.15, -0.1) is 0 Å². The summed E-state index contributed by atoms with van der Waals surface area (Å²) in [6, 6.07) is 8.89. The lowest BCUT2D eigenvalue weighted by atomic mass is 9.88. The Labute approximate surface area is 190 Å². The molecule has 30 heavy (non-hydrogen) atoms. The molecule has 0 unspecified atom stereocenters. The third-order valence-corrected chi connectivity index (χ3v) is 6.36. The molecule has 1 aliphatic rings. The van der Waals surface area contributed by atoms with Crippen LogP contribution in [-0.4, -0.2) is 28.1 Å². The lowest BCUT2D eigenvalue weighted by Gasteiger charge is -2.22. The number of nitrogens with zero attached hydrogens (tertiary/aromatic N) is 3. The second kappa shape index (κ2) is 8.89. The van der Waals surface area contributed by atoms with E-state index in [1.807, 2.05) is 12.1 Å². The standard InChI is InChI=1S/C22H21Br2N3O3/c1-30-19-11-16(24)9-14(20(19)28)12-25-27-21(13-5-3-2-4-6-13)26-18-8-7-15(23)10-17(18)22(27)29/h7-13,28H,2-6H2,1H3. The normalized spacial score (nSPS) is 15.2. The summed E-state index contributed by atoms with van der Waals surface area (Å²) in [5, 5.41) is 15.4. The van der Waals surface area contributed by atoms with Crippen LogP contribution in [0.25, 0.3) is 10.9 Å². The monoisotopic (exact) mass is 533 g/mol. The van der Waals surface area contributed by atoms with Gasteiger partial charge in [0.25, 0.3) is 5.56 Å². The van der Waals surface area contributed by atoms with Crippen LogP contribution in [-0.2, 0) is 0 Å². The maximum atomic E-state index is 13.3. The predicted molar refractivity (Wildman–Crippen MR) is 125 cm³/mol. The number of ether oxygens (including phenoxy) is 1. The third kappa shape index (κ3) is 4.16. The number of aromatic hydroxyl groups is 1. The van der Waals surface area contributed by atoms with Gasteiger partial charge in [-0.25, -0.2) is 4.98 Å².